The molecule has 0 rings (SSSR count). The molecule has 0 fully saturated rings. The van der Waals surface area contributed by atoms with Crippen LogP contribution in [0.25, 0.3) is 0 Å². The molecule has 4 N–H and O–H groups in total. The van der Waals surface area contributed by atoms with Gasteiger partial charge in [0.2, 0.25) is 0 Å². The van der Waals surface area contributed by atoms with Crippen molar-refractivity contribution in [1.82, 2.24) is 0 Å². The van der Waals surface area contributed by atoms with E-state index in [1.54, 1.807) is 28.3 Å². The Morgan fingerprint density at radius 3 is 1.74 bits per heavy atom. The molecule has 186 valence electrons. The van der Waals surface area contributed by atoms with Crippen LogP contribution in [0.2, 0.25) is 18.1 Å². The van der Waals surface area contributed by atoms with Gasteiger partial charge in [0, 0.05) is 51.7 Å². The fourth-order valence-electron chi connectivity index (χ4n) is 3.05. The van der Waals surface area contributed by atoms with Crippen LogP contribution in [0.1, 0.15) is 40.0 Å². The third kappa shape index (κ3) is 13.5. The van der Waals surface area contributed by atoms with Crippen LogP contribution < -0.4 is 11.5 Å². The average molecular weight is 483 g/mol. The first-order valence-electron chi connectivity index (χ1n) is 10.8. The van der Waals surface area contributed by atoms with Crippen molar-refractivity contribution in [3.8, 4) is 0 Å². The smallest absolute Gasteiger partial charge is 0.462 e. The van der Waals surface area contributed by atoms with E-state index >= 15 is 0 Å². The topological polar surface area (TPSA) is 124 Å². The lowest BCUT2D eigenvalue weighted by atomic mass is 10.2. The van der Waals surface area contributed by atoms with Crippen molar-refractivity contribution in [2.24, 2.45) is 11.5 Å². The molecule has 0 aliphatic rings. The Bertz CT molecular complexity index is 460. The van der Waals surface area contributed by atoms with Crippen LogP contribution in [0.4, 0.5) is 0 Å². The summed E-state index contributed by atoms with van der Waals surface area (Å²) in [4.78, 5) is 11.1. The van der Waals surface area contributed by atoms with Gasteiger partial charge in [-0.05, 0) is 59.7 Å². The van der Waals surface area contributed by atoms with Gasteiger partial charge in [0.05, 0.1) is 6.61 Å². The minimum absolute atomic E-state index is 0.316. The minimum Gasteiger partial charge on any atom is -0.462 e. The summed E-state index contributed by atoms with van der Waals surface area (Å²) in [5.41, 5.74) is 12.0. The Morgan fingerprint density at radius 2 is 1.42 bits per heavy atom. The summed E-state index contributed by atoms with van der Waals surface area (Å²) in [6.45, 7) is 14.3. The molecule has 0 aromatic carbocycles. The van der Waals surface area contributed by atoms with Gasteiger partial charge in [0.25, 0.3) is 0 Å². The molecule has 0 atom stereocenters. The van der Waals surface area contributed by atoms with E-state index in [4.69, 9.17) is 38.3 Å². The lowest BCUT2D eigenvalue weighted by molar-refractivity contribution is -0.139. The third-order valence-corrected chi connectivity index (χ3v) is 11.4. The number of hydrogen-bond donors (Lipinski definition) is 2. The number of nitrogens with two attached hydrogens (primary N) is 2. The summed E-state index contributed by atoms with van der Waals surface area (Å²) >= 11 is 0. The summed E-state index contributed by atoms with van der Waals surface area (Å²) < 4.78 is 32.3. The number of carbonyl (C=O) groups excluding carboxylic acids is 1. The molecule has 0 heterocycles. The van der Waals surface area contributed by atoms with Crippen molar-refractivity contribution < 1.29 is 31.7 Å². The van der Waals surface area contributed by atoms with E-state index in [2.05, 4.69) is 13.1 Å². The highest BCUT2D eigenvalue weighted by atomic mass is 28.4. The Labute approximate surface area is 191 Å². The van der Waals surface area contributed by atoms with Crippen LogP contribution in [0.5, 0.6) is 0 Å². The molecule has 0 spiro atoms. The Balaban J connectivity index is 0. The van der Waals surface area contributed by atoms with Crippen LogP contribution in [0, 0.1) is 0 Å². The molecule has 11 heteroatoms. The summed E-state index contributed by atoms with van der Waals surface area (Å²) in [6.07, 6.45) is 2.53. The van der Waals surface area contributed by atoms with E-state index < -0.39 is 17.4 Å². The number of carbonyl (C=O) groups is 1. The number of hydrogen-bond acceptors (Lipinski definition) is 9. The standard InChI is InChI=1S/C10H26N2O2Si.C10H20O5Si/c1-4-13-15(3,14-5-2)10(6-8-11)7-9-12;1-9(2)10(11)15-7-6-8-16(12-3,13-4)14-5/h10H,4-9,11-12H2,1-3H3;1,6-8H2,2-5H3. The molecule has 0 bridgehead atoms. The maximum atomic E-state index is 11.1. The molecular weight excluding hydrogens is 436 g/mol. The maximum absolute atomic E-state index is 11.1. The van der Waals surface area contributed by atoms with Crippen LogP contribution in [0.3, 0.4) is 0 Å². The first kappa shape index (κ1) is 32.5. The van der Waals surface area contributed by atoms with Gasteiger partial charge in [-0.25, -0.2) is 4.79 Å². The Hall–Kier alpha value is -0.636. The number of esters is 1. The lowest BCUT2D eigenvalue weighted by Crippen LogP contribution is -2.45. The Morgan fingerprint density at radius 1 is 0.968 bits per heavy atom. The van der Waals surface area contributed by atoms with Gasteiger partial charge in [-0.1, -0.05) is 6.58 Å². The van der Waals surface area contributed by atoms with Crippen LogP contribution >= 0.6 is 0 Å². The molecule has 0 aromatic heterocycles. The second-order valence-electron chi connectivity index (χ2n) is 7.05. The number of rotatable bonds is 17. The van der Waals surface area contributed by atoms with E-state index in [-0.39, 0.29) is 5.97 Å². The highest BCUT2D eigenvalue weighted by Crippen LogP contribution is 2.30. The van der Waals surface area contributed by atoms with Crippen molar-refractivity contribution in [2.75, 3.05) is 54.2 Å². The highest BCUT2D eigenvalue weighted by Gasteiger charge is 2.39. The zero-order valence-electron chi connectivity index (χ0n) is 20.7. The summed E-state index contributed by atoms with van der Waals surface area (Å²) in [6, 6.07) is 0.611. The first-order chi connectivity index (χ1) is 14.6. The summed E-state index contributed by atoms with van der Waals surface area (Å²) in [7, 11) is 0.0529. The molecule has 0 unspecified atom stereocenters. The minimum atomic E-state index is -2.53. The predicted molar refractivity (Wildman–Crippen MR) is 128 cm³/mol. The molecule has 9 nitrogen and oxygen atoms in total. The van der Waals surface area contributed by atoms with Crippen molar-refractivity contribution in [2.45, 2.75) is 58.2 Å². The number of ether oxygens (including phenoxy) is 1. The second-order valence-corrected chi connectivity index (χ2v) is 13.6. The monoisotopic (exact) mass is 482 g/mol. The zero-order chi connectivity index (χ0) is 24.3. The zero-order valence-corrected chi connectivity index (χ0v) is 22.7. The molecular formula is C20H46N2O7Si2. The third-order valence-electron chi connectivity index (χ3n) is 4.78. The summed E-state index contributed by atoms with van der Waals surface area (Å²) in [5, 5.41) is 0. The molecule has 0 saturated heterocycles. The largest absolute Gasteiger partial charge is 0.500 e. The van der Waals surface area contributed by atoms with Crippen molar-refractivity contribution >= 4 is 23.3 Å². The van der Waals surface area contributed by atoms with E-state index in [9.17, 15) is 4.79 Å². The summed E-state index contributed by atoms with van der Waals surface area (Å²) in [5.74, 6) is -0.375. The van der Waals surface area contributed by atoms with Crippen LogP contribution in [0.15, 0.2) is 12.2 Å². The van der Waals surface area contributed by atoms with Gasteiger partial charge in [-0.15, -0.1) is 0 Å². The van der Waals surface area contributed by atoms with Crippen molar-refractivity contribution in [1.29, 1.82) is 0 Å². The van der Waals surface area contributed by atoms with E-state index in [0.717, 1.165) is 12.8 Å². The maximum Gasteiger partial charge on any atom is 0.500 e. The van der Waals surface area contributed by atoms with E-state index in [1.165, 1.54) is 0 Å². The quantitative estimate of drug-likeness (QED) is 0.139. The molecule has 0 aliphatic heterocycles. The SMILES string of the molecule is C=C(C)C(=O)OCCC[Si](OC)(OC)OC.CCO[Si](C)(OCC)C(CCN)CCN. The molecule has 0 amide bonds. The van der Waals surface area contributed by atoms with Crippen molar-refractivity contribution in [3.63, 3.8) is 0 Å². The molecule has 0 saturated carbocycles. The van der Waals surface area contributed by atoms with Gasteiger partial charge in [0.1, 0.15) is 0 Å². The van der Waals surface area contributed by atoms with Gasteiger partial charge >= 0.3 is 23.3 Å². The second kappa shape index (κ2) is 18.9. The fraction of sp³-hybridized carbons (Fsp3) is 0.850. The van der Waals surface area contributed by atoms with Gasteiger partial charge in [0.15, 0.2) is 0 Å². The van der Waals surface area contributed by atoms with Gasteiger partial charge < -0.3 is 38.3 Å². The normalized spacial score (nSPS) is 11.8. The van der Waals surface area contributed by atoms with E-state index in [1.807, 2.05) is 13.8 Å². The molecule has 0 aromatic rings. The van der Waals surface area contributed by atoms with E-state index in [0.29, 0.717) is 56.5 Å². The van der Waals surface area contributed by atoms with Gasteiger partial charge in [-0.2, -0.15) is 0 Å². The Kier molecular flexibility index (Phi) is 19.8. The fourth-order valence-corrected chi connectivity index (χ4v) is 7.83. The molecule has 0 radical (unpaired) electrons. The predicted octanol–water partition coefficient (Wildman–Crippen LogP) is 2.57. The lowest BCUT2D eigenvalue weighted by Gasteiger charge is -2.33. The highest BCUT2D eigenvalue weighted by molar-refractivity contribution is 6.67. The van der Waals surface area contributed by atoms with Crippen LogP contribution in [-0.4, -0.2) is 77.6 Å². The average Bonchev–Trinajstić information content (AvgIpc) is 2.75. The van der Waals surface area contributed by atoms with Crippen LogP contribution in [-0.2, 0) is 31.7 Å². The molecule has 0 aliphatic carbocycles. The van der Waals surface area contributed by atoms with Gasteiger partial charge in [-0.3, -0.25) is 0 Å². The molecule has 31 heavy (non-hydrogen) atoms. The first-order valence-corrected chi connectivity index (χ1v) is 15.1. The van der Waals surface area contributed by atoms with Crippen molar-refractivity contribution in [3.05, 3.63) is 12.2 Å².